The molecule has 3 heteroatoms. The SMILES string of the molecule is CCOc1ccccc1CC(C#N)c1ccc(F)cc1. The van der Waals surface area contributed by atoms with Gasteiger partial charge in [0.15, 0.2) is 0 Å². The summed E-state index contributed by atoms with van der Waals surface area (Å²) in [4.78, 5) is 0. The second-order valence-corrected chi connectivity index (χ2v) is 4.48. The van der Waals surface area contributed by atoms with Gasteiger partial charge in [0.25, 0.3) is 0 Å². The molecule has 1 atom stereocenters. The Morgan fingerprint density at radius 3 is 2.50 bits per heavy atom. The lowest BCUT2D eigenvalue weighted by Crippen LogP contribution is -2.03. The van der Waals surface area contributed by atoms with Gasteiger partial charge >= 0.3 is 0 Å². The molecule has 0 saturated heterocycles. The molecule has 0 N–H and O–H groups in total. The summed E-state index contributed by atoms with van der Waals surface area (Å²) in [6.07, 6.45) is 0.554. The van der Waals surface area contributed by atoms with Crippen LogP contribution < -0.4 is 4.74 Å². The van der Waals surface area contributed by atoms with E-state index >= 15 is 0 Å². The predicted octanol–water partition coefficient (Wildman–Crippen LogP) is 4.07. The first-order valence-corrected chi connectivity index (χ1v) is 6.60. The Kier molecular flexibility index (Phi) is 4.73. The maximum atomic E-state index is 12.9. The lowest BCUT2D eigenvalue weighted by Gasteiger charge is -2.13. The van der Waals surface area contributed by atoms with E-state index in [2.05, 4.69) is 6.07 Å². The fourth-order valence-corrected chi connectivity index (χ4v) is 2.12. The minimum Gasteiger partial charge on any atom is -0.494 e. The van der Waals surface area contributed by atoms with E-state index in [-0.39, 0.29) is 11.7 Å². The predicted molar refractivity (Wildman–Crippen MR) is 76.1 cm³/mol. The van der Waals surface area contributed by atoms with Gasteiger partial charge in [0.2, 0.25) is 0 Å². The van der Waals surface area contributed by atoms with Crippen molar-refractivity contribution in [3.05, 3.63) is 65.5 Å². The first-order chi connectivity index (χ1) is 9.74. The Balaban J connectivity index is 2.23. The molecule has 2 rings (SSSR count). The average Bonchev–Trinajstić information content (AvgIpc) is 2.48. The fourth-order valence-electron chi connectivity index (χ4n) is 2.12. The number of nitriles is 1. The molecule has 1 unspecified atom stereocenters. The highest BCUT2D eigenvalue weighted by Gasteiger charge is 2.14. The van der Waals surface area contributed by atoms with Gasteiger partial charge in [-0.05, 0) is 42.7 Å². The summed E-state index contributed by atoms with van der Waals surface area (Å²) in [5, 5.41) is 9.35. The van der Waals surface area contributed by atoms with Crippen LogP contribution in [0.2, 0.25) is 0 Å². The van der Waals surface area contributed by atoms with E-state index < -0.39 is 0 Å². The largest absolute Gasteiger partial charge is 0.494 e. The highest BCUT2D eigenvalue weighted by molar-refractivity contribution is 5.37. The Labute approximate surface area is 118 Å². The number of hydrogen-bond acceptors (Lipinski definition) is 2. The van der Waals surface area contributed by atoms with Crippen LogP contribution in [0, 0.1) is 17.1 Å². The highest BCUT2D eigenvalue weighted by atomic mass is 19.1. The van der Waals surface area contributed by atoms with Crippen molar-refractivity contribution < 1.29 is 9.13 Å². The molecule has 0 aliphatic carbocycles. The van der Waals surface area contributed by atoms with Gasteiger partial charge in [0.1, 0.15) is 11.6 Å². The fraction of sp³-hybridized carbons (Fsp3) is 0.235. The van der Waals surface area contributed by atoms with Gasteiger partial charge in [0.05, 0.1) is 18.6 Å². The van der Waals surface area contributed by atoms with E-state index in [9.17, 15) is 9.65 Å². The second-order valence-electron chi connectivity index (χ2n) is 4.48. The summed E-state index contributed by atoms with van der Waals surface area (Å²) in [7, 11) is 0. The third kappa shape index (κ3) is 3.36. The molecule has 2 aromatic rings. The first-order valence-electron chi connectivity index (χ1n) is 6.60. The molecule has 0 heterocycles. The van der Waals surface area contributed by atoms with Crippen molar-refractivity contribution in [2.75, 3.05) is 6.61 Å². The minimum absolute atomic E-state index is 0.292. The molecule has 0 radical (unpaired) electrons. The molecule has 2 aromatic carbocycles. The van der Waals surface area contributed by atoms with Crippen molar-refractivity contribution in [1.29, 1.82) is 5.26 Å². The van der Waals surface area contributed by atoms with E-state index in [0.717, 1.165) is 16.9 Å². The maximum Gasteiger partial charge on any atom is 0.123 e. The minimum atomic E-state index is -0.308. The van der Waals surface area contributed by atoms with Crippen LogP contribution in [0.25, 0.3) is 0 Å². The zero-order valence-corrected chi connectivity index (χ0v) is 11.3. The molecule has 0 bridgehead atoms. The van der Waals surface area contributed by atoms with E-state index in [1.807, 2.05) is 31.2 Å². The highest BCUT2D eigenvalue weighted by Crippen LogP contribution is 2.26. The molecule has 0 amide bonds. The van der Waals surface area contributed by atoms with Crippen LogP contribution in [0.1, 0.15) is 24.0 Å². The Morgan fingerprint density at radius 1 is 1.15 bits per heavy atom. The summed E-state index contributed by atoms with van der Waals surface area (Å²) < 4.78 is 18.5. The standard InChI is InChI=1S/C17H16FNO/c1-2-20-17-6-4-3-5-14(17)11-15(12-19)13-7-9-16(18)10-8-13/h3-10,15H,2,11H2,1H3. The Hall–Kier alpha value is -2.34. The molecule has 0 aromatic heterocycles. The van der Waals surface area contributed by atoms with Gasteiger partial charge in [-0.1, -0.05) is 30.3 Å². The molecular formula is C17H16FNO. The van der Waals surface area contributed by atoms with Crippen molar-refractivity contribution in [1.82, 2.24) is 0 Å². The Morgan fingerprint density at radius 2 is 1.85 bits per heavy atom. The van der Waals surface area contributed by atoms with Crippen molar-refractivity contribution >= 4 is 0 Å². The number of hydrogen-bond donors (Lipinski definition) is 0. The molecule has 0 spiro atoms. The van der Waals surface area contributed by atoms with Crippen molar-refractivity contribution in [3.8, 4) is 11.8 Å². The third-order valence-electron chi connectivity index (χ3n) is 3.12. The maximum absolute atomic E-state index is 12.9. The molecule has 2 nitrogen and oxygen atoms in total. The van der Waals surface area contributed by atoms with E-state index in [1.54, 1.807) is 12.1 Å². The molecule has 0 fully saturated rings. The zero-order chi connectivity index (χ0) is 14.4. The average molecular weight is 269 g/mol. The van der Waals surface area contributed by atoms with Gasteiger partial charge in [-0.15, -0.1) is 0 Å². The monoisotopic (exact) mass is 269 g/mol. The molecular weight excluding hydrogens is 253 g/mol. The molecule has 0 aliphatic heterocycles. The molecule has 20 heavy (non-hydrogen) atoms. The van der Waals surface area contributed by atoms with Gasteiger partial charge in [0, 0.05) is 0 Å². The number of halogens is 1. The Bertz CT molecular complexity index is 601. The lowest BCUT2D eigenvalue weighted by atomic mass is 9.93. The van der Waals surface area contributed by atoms with Crippen molar-refractivity contribution in [2.24, 2.45) is 0 Å². The normalized spacial score (nSPS) is 11.7. The smallest absolute Gasteiger partial charge is 0.123 e. The van der Waals surface area contributed by atoms with Crippen LogP contribution in [0.5, 0.6) is 5.75 Å². The zero-order valence-electron chi connectivity index (χ0n) is 11.3. The summed E-state index contributed by atoms with van der Waals surface area (Å²) >= 11 is 0. The van der Waals surface area contributed by atoms with Gasteiger partial charge in [-0.25, -0.2) is 4.39 Å². The first kappa shape index (κ1) is 14.1. The van der Waals surface area contributed by atoms with Crippen LogP contribution >= 0.6 is 0 Å². The van der Waals surface area contributed by atoms with Gasteiger partial charge in [-0.3, -0.25) is 0 Å². The van der Waals surface area contributed by atoms with Crippen molar-refractivity contribution in [2.45, 2.75) is 19.3 Å². The van der Waals surface area contributed by atoms with Crippen molar-refractivity contribution in [3.63, 3.8) is 0 Å². The summed E-state index contributed by atoms with van der Waals surface area (Å²) in [5.41, 5.74) is 1.81. The number of rotatable bonds is 5. The van der Waals surface area contributed by atoms with Crippen LogP contribution in [0.15, 0.2) is 48.5 Å². The topological polar surface area (TPSA) is 33.0 Å². The third-order valence-corrected chi connectivity index (χ3v) is 3.12. The summed E-state index contributed by atoms with van der Waals surface area (Å²) in [6.45, 7) is 2.52. The molecule has 102 valence electrons. The van der Waals surface area contributed by atoms with Crippen LogP contribution in [-0.2, 0) is 6.42 Å². The molecule has 0 aliphatic rings. The lowest BCUT2D eigenvalue weighted by molar-refractivity contribution is 0.336. The molecule has 0 saturated carbocycles. The summed E-state index contributed by atoms with van der Waals surface area (Å²) in [5.74, 6) is 0.203. The quantitative estimate of drug-likeness (QED) is 0.819. The second kappa shape index (κ2) is 6.72. The van der Waals surface area contributed by atoms with Gasteiger partial charge in [-0.2, -0.15) is 5.26 Å². The number of para-hydroxylation sites is 1. The van der Waals surface area contributed by atoms with Crippen LogP contribution in [0.3, 0.4) is 0 Å². The van der Waals surface area contributed by atoms with Gasteiger partial charge < -0.3 is 4.74 Å². The van der Waals surface area contributed by atoms with Crippen LogP contribution in [0.4, 0.5) is 4.39 Å². The number of nitrogens with zero attached hydrogens (tertiary/aromatic N) is 1. The number of benzene rings is 2. The summed E-state index contributed by atoms with van der Waals surface area (Å²) in [6, 6.07) is 16.1. The van der Waals surface area contributed by atoms with Crippen LogP contribution in [-0.4, -0.2) is 6.61 Å². The number of ether oxygens (including phenoxy) is 1. The van der Waals surface area contributed by atoms with E-state index in [0.29, 0.717) is 13.0 Å². The van der Waals surface area contributed by atoms with E-state index in [1.165, 1.54) is 12.1 Å². The van der Waals surface area contributed by atoms with E-state index in [4.69, 9.17) is 4.74 Å².